The van der Waals surface area contributed by atoms with Gasteiger partial charge in [0, 0.05) is 12.8 Å². The van der Waals surface area contributed by atoms with E-state index in [1.54, 1.807) is 12.1 Å². The third-order valence-corrected chi connectivity index (χ3v) is 2.56. The Morgan fingerprint density at radius 3 is 1.70 bits per heavy atom. The molecule has 0 unspecified atom stereocenters. The molecule has 3 heteroatoms. The molecule has 0 aliphatic carbocycles. The molecule has 1 saturated heterocycles. The summed E-state index contributed by atoms with van der Waals surface area (Å²) in [5, 5.41) is 0. The maximum atomic E-state index is 11.7. The first-order chi connectivity index (χ1) is 9.18. The Labute approximate surface area is 124 Å². The molecule has 0 atom stereocenters. The lowest BCUT2D eigenvalue weighted by Gasteiger charge is -2.28. The molecule has 1 aromatic carbocycles. The molecular formula is C17H29NO2. The van der Waals surface area contributed by atoms with E-state index in [0.29, 0.717) is 18.5 Å². The third-order valence-electron chi connectivity index (χ3n) is 2.56. The van der Waals surface area contributed by atoms with Gasteiger partial charge in [0.15, 0.2) is 0 Å². The smallest absolute Gasteiger partial charge is 0.234 e. The van der Waals surface area contributed by atoms with Crippen molar-refractivity contribution >= 4 is 17.5 Å². The van der Waals surface area contributed by atoms with Gasteiger partial charge in [-0.1, -0.05) is 60.2 Å². The number of hydrogen-bond acceptors (Lipinski definition) is 2. The highest BCUT2D eigenvalue weighted by Crippen LogP contribution is 2.24. The fourth-order valence-corrected chi connectivity index (χ4v) is 1.86. The predicted molar refractivity (Wildman–Crippen MR) is 86.8 cm³/mol. The first kappa shape index (κ1) is 20.7. The highest BCUT2D eigenvalue weighted by atomic mass is 16.2. The molecule has 1 fully saturated rings. The minimum atomic E-state index is -0.0926. The van der Waals surface area contributed by atoms with Gasteiger partial charge in [0.25, 0.3) is 0 Å². The van der Waals surface area contributed by atoms with Gasteiger partial charge in [0.05, 0.1) is 5.69 Å². The number of nitrogens with zero attached hydrogens (tertiary/aromatic N) is 1. The molecule has 0 aromatic heterocycles. The molecule has 1 aromatic rings. The average Bonchev–Trinajstić information content (AvgIpc) is 2.43. The van der Waals surface area contributed by atoms with E-state index in [9.17, 15) is 9.59 Å². The summed E-state index contributed by atoms with van der Waals surface area (Å²) in [7, 11) is 0. The van der Waals surface area contributed by atoms with Crippen LogP contribution in [0, 0.1) is 5.92 Å². The van der Waals surface area contributed by atoms with Crippen molar-refractivity contribution in [1.29, 1.82) is 0 Å². The van der Waals surface area contributed by atoms with Gasteiger partial charge in [0.1, 0.15) is 0 Å². The van der Waals surface area contributed by atoms with Crippen molar-refractivity contribution in [3.63, 3.8) is 0 Å². The summed E-state index contributed by atoms with van der Waals surface area (Å²) in [4.78, 5) is 24.7. The maximum absolute atomic E-state index is 11.7. The summed E-state index contributed by atoms with van der Waals surface area (Å²) < 4.78 is 0. The minimum Gasteiger partial charge on any atom is -0.274 e. The van der Waals surface area contributed by atoms with E-state index in [4.69, 9.17) is 0 Å². The summed E-state index contributed by atoms with van der Waals surface area (Å²) >= 11 is 0. The molecule has 2 amide bonds. The zero-order valence-electron chi connectivity index (χ0n) is 12.6. The van der Waals surface area contributed by atoms with E-state index in [2.05, 4.69) is 0 Å². The van der Waals surface area contributed by atoms with Crippen molar-refractivity contribution < 1.29 is 9.59 Å². The van der Waals surface area contributed by atoms with Crippen LogP contribution in [0.2, 0.25) is 0 Å². The van der Waals surface area contributed by atoms with Crippen molar-refractivity contribution in [3.8, 4) is 0 Å². The molecule has 0 saturated carbocycles. The number of piperidine rings is 1. The summed E-state index contributed by atoms with van der Waals surface area (Å²) in [6, 6.07) is 9.09. The molecule has 3 nitrogen and oxygen atoms in total. The zero-order valence-corrected chi connectivity index (χ0v) is 12.6. The van der Waals surface area contributed by atoms with Gasteiger partial charge in [-0.15, -0.1) is 0 Å². The fraction of sp³-hybridized carbons (Fsp3) is 0.529. The number of rotatable bonds is 1. The average molecular weight is 279 g/mol. The van der Waals surface area contributed by atoms with Crippen LogP contribution in [-0.2, 0) is 9.59 Å². The lowest BCUT2D eigenvalue weighted by Crippen LogP contribution is -2.42. The van der Waals surface area contributed by atoms with Crippen molar-refractivity contribution in [2.24, 2.45) is 5.92 Å². The second kappa shape index (κ2) is 11.2. The first-order valence-corrected chi connectivity index (χ1v) is 7.09. The van der Waals surface area contributed by atoms with Crippen LogP contribution in [0.15, 0.2) is 30.3 Å². The second-order valence-corrected chi connectivity index (χ2v) is 3.97. The van der Waals surface area contributed by atoms with Crippen molar-refractivity contribution in [2.75, 3.05) is 4.90 Å². The fourth-order valence-electron chi connectivity index (χ4n) is 1.86. The molecule has 0 bridgehead atoms. The van der Waals surface area contributed by atoms with E-state index in [0.717, 1.165) is 0 Å². The standard InChI is InChI=1S/C12H13NO2.2C2H6.CH4/c1-9-7-11(14)13(12(15)8-9)10-5-3-2-4-6-10;2*1-2;/h2-6,9H,7-8H2,1H3;2*1-2H3;1H4. The summed E-state index contributed by atoms with van der Waals surface area (Å²) in [5.41, 5.74) is 0.680. The van der Waals surface area contributed by atoms with Crippen LogP contribution in [0.5, 0.6) is 0 Å². The monoisotopic (exact) mass is 279 g/mol. The van der Waals surface area contributed by atoms with Gasteiger partial charge in [-0.3, -0.25) is 14.5 Å². The van der Waals surface area contributed by atoms with Crippen molar-refractivity contribution in [3.05, 3.63) is 30.3 Å². The predicted octanol–water partition coefficient (Wildman–Crippen LogP) is 4.66. The van der Waals surface area contributed by atoms with E-state index < -0.39 is 0 Å². The van der Waals surface area contributed by atoms with E-state index in [-0.39, 0.29) is 25.2 Å². The van der Waals surface area contributed by atoms with Crippen LogP contribution < -0.4 is 4.90 Å². The number of amides is 2. The molecule has 1 heterocycles. The highest BCUT2D eigenvalue weighted by Gasteiger charge is 2.31. The third kappa shape index (κ3) is 5.55. The largest absolute Gasteiger partial charge is 0.274 e. The van der Waals surface area contributed by atoms with Crippen molar-refractivity contribution in [2.45, 2.75) is 54.9 Å². The maximum Gasteiger partial charge on any atom is 0.234 e. The molecular weight excluding hydrogens is 250 g/mol. The quantitative estimate of drug-likeness (QED) is 0.701. The molecule has 0 spiro atoms. The SMILES string of the molecule is C.CC.CC.CC1CC(=O)N(c2ccccc2)C(=O)C1. The zero-order chi connectivity index (χ0) is 14.8. The Morgan fingerprint density at radius 1 is 0.900 bits per heavy atom. The number of carbonyl (C=O) groups is 2. The molecule has 0 N–H and O–H groups in total. The highest BCUT2D eigenvalue weighted by molar-refractivity contribution is 6.16. The molecule has 114 valence electrons. The lowest BCUT2D eigenvalue weighted by atomic mass is 9.97. The van der Waals surface area contributed by atoms with Gasteiger partial charge in [-0.25, -0.2) is 0 Å². The van der Waals surface area contributed by atoms with Crippen molar-refractivity contribution in [1.82, 2.24) is 0 Å². The van der Waals surface area contributed by atoms with Crippen LogP contribution >= 0.6 is 0 Å². The van der Waals surface area contributed by atoms with Crippen LogP contribution in [0.4, 0.5) is 5.69 Å². The Hall–Kier alpha value is -1.64. The molecule has 20 heavy (non-hydrogen) atoms. The van der Waals surface area contributed by atoms with E-state index in [1.165, 1.54) is 4.90 Å². The molecule has 1 aliphatic rings. The second-order valence-electron chi connectivity index (χ2n) is 3.97. The Balaban J connectivity index is 0. The minimum absolute atomic E-state index is 0. The van der Waals surface area contributed by atoms with Gasteiger partial charge in [-0.2, -0.15) is 0 Å². The summed E-state index contributed by atoms with van der Waals surface area (Å²) in [6.07, 6.45) is 0.918. The van der Waals surface area contributed by atoms with Crippen LogP contribution in [0.1, 0.15) is 54.9 Å². The van der Waals surface area contributed by atoms with E-state index >= 15 is 0 Å². The molecule has 2 rings (SSSR count). The Morgan fingerprint density at radius 2 is 1.30 bits per heavy atom. The van der Waals surface area contributed by atoms with Gasteiger partial charge in [-0.05, 0) is 18.1 Å². The lowest BCUT2D eigenvalue weighted by molar-refractivity contribution is -0.130. The van der Waals surface area contributed by atoms with Crippen LogP contribution in [0.25, 0.3) is 0 Å². The normalized spacial score (nSPS) is 14.3. The topological polar surface area (TPSA) is 37.4 Å². The number of hydrogen-bond donors (Lipinski definition) is 0. The number of imide groups is 1. The number of anilines is 1. The van der Waals surface area contributed by atoms with E-state index in [1.807, 2.05) is 52.8 Å². The van der Waals surface area contributed by atoms with Crippen LogP contribution in [-0.4, -0.2) is 11.8 Å². The summed E-state index contributed by atoms with van der Waals surface area (Å²) in [6.45, 7) is 9.93. The summed E-state index contributed by atoms with van der Waals surface area (Å²) in [5.74, 6) is -0.0140. The molecule has 1 aliphatic heterocycles. The Bertz CT molecular complexity index is 369. The molecule has 0 radical (unpaired) electrons. The van der Waals surface area contributed by atoms with Gasteiger partial charge in [0.2, 0.25) is 11.8 Å². The number of para-hydroxylation sites is 1. The first-order valence-electron chi connectivity index (χ1n) is 7.09. The van der Waals surface area contributed by atoms with Gasteiger partial charge < -0.3 is 0 Å². The van der Waals surface area contributed by atoms with Gasteiger partial charge >= 0.3 is 0 Å². The number of carbonyl (C=O) groups excluding carboxylic acids is 2. The number of benzene rings is 1. The van der Waals surface area contributed by atoms with Crippen LogP contribution in [0.3, 0.4) is 0 Å². The Kier molecular flexibility index (Phi) is 11.6.